The van der Waals surface area contributed by atoms with E-state index in [4.69, 9.17) is 4.84 Å². The van der Waals surface area contributed by atoms with Crippen molar-refractivity contribution < 1.29 is 22.8 Å². The van der Waals surface area contributed by atoms with E-state index < -0.39 is 23.6 Å². The molecule has 2 rings (SSSR count). The molecule has 3 nitrogen and oxygen atoms in total. The van der Waals surface area contributed by atoms with Crippen LogP contribution >= 0.6 is 15.9 Å². The second-order valence-corrected chi connectivity index (χ2v) is 6.38. The largest absolute Gasteiger partial charge is 0.416 e. The van der Waals surface area contributed by atoms with Crippen molar-refractivity contribution in [2.75, 3.05) is 14.2 Å². The molecule has 0 aliphatic rings. The van der Waals surface area contributed by atoms with Crippen molar-refractivity contribution in [1.29, 1.82) is 0 Å². The lowest BCUT2D eigenvalue weighted by molar-refractivity contribution is -0.169. The second kappa shape index (κ2) is 8.01. The predicted octanol–water partition coefficient (Wildman–Crippen LogP) is 5.01. The summed E-state index contributed by atoms with van der Waals surface area (Å²) in [5, 5.41) is 1.02. The minimum Gasteiger partial charge on any atom is -0.275 e. The quantitative estimate of drug-likeness (QED) is 0.642. The Morgan fingerprint density at radius 1 is 1.16 bits per heavy atom. The molecule has 0 heterocycles. The third-order valence-electron chi connectivity index (χ3n) is 3.92. The predicted molar refractivity (Wildman–Crippen MR) is 91.8 cm³/mol. The van der Waals surface area contributed by atoms with Gasteiger partial charge in [0.25, 0.3) is 0 Å². The van der Waals surface area contributed by atoms with E-state index in [1.807, 2.05) is 0 Å². The van der Waals surface area contributed by atoms with Crippen LogP contribution in [0.25, 0.3) is 0 Å². The molecule has 2 aromatic carbocycles. The van der Waals surface area contributed by atoms with E-state index in [9.17, 15) is 18.0 Å². The third kappa shape index (κ3) is 4.83. The number of hydroxylamine groups is 2. The fourth-order valence-corrected chi connectivity index (χ4v) is 2.83. The molecule has 0 radical (unpaired) electrons. The summed E-state index contributed by atoms with van der Waals surface area (Å²) in [6.45, 7) is 0. The van der Waals surface area contributed by atoms with E-state index in [1.54, 1.807) is 30.3 Å². The fraction of sp³-hybridized carbons (Fsp3) is 0.278. The number of hydrogen-bond acceptors (Lipinski definition) is 2. The van der Waals surface area contributed by atoms with E-state index >= 15 is 0 Å². The first-order valence-electron chi connectivity index (χ1n) is 7.46. The Balaban J connectivity index is 2.52. The first-order valence-corrected chi connectivity index (χ1v) is 8.25. The fourth-order valence-electron chi connectivity index (χ4n) is 2.57. The Morgan fingerprint density at radius 3 is 2.32 bits per heavy atom. The smallest absolute Gasteiger partial charge is 0.275 e. The van der Waals surface area contributed by atoms with Crippen LogP contribution in [0, 0.1) is 0 Å². The van der Waals surface area contributed by atoms with Crippen molar-refractivity contribution >= 4 is 21.8 Å². The molecule has 0 aliphatic heterocycles. The maximum Gasteiger partial charge on any atom is 0.416 e. The van der Waals surface area contributed by atoms with Gasteiger partial charge in [-0.2, -0.15) is 13.2 Å². The number of rotatable bonds is 5. The van der Waals surface area contributed by atoms with Gasteiger partial charge in [0.2, 0.25) is 5.91 Å². The maximum absolute atomic E-state index is 13.4. The summed E-state index contributed by atoms with van der Waals surface area (Å²) in [5.41, 5.74) is -0.0521. The number of halogens is 4. The summed E-state index contributed by atoms with van der Waals surface area (Å²) >= 11 is 3.31. The first kappa shape index (κ1) is 19.5. The standard InChI is InChI=1S/C18H17BrF3NO2/c1-23(25-2)17(24)11-15(12-7-9-13(19)10-8-12)14-5-3-4-6-16(14)18(20,21)22/h3-10,15H,11H2,1-2H3. The van der Waals surface area contributed by atoms with Crippen molar-refractivity contribution in [3.05, 3.63) is 69.7 Å². The summed E-state index contributed by atoms with van der Waals surface area (Å²) < 4.78 is 41.1. The lowest BCUT2D eigenvalue weighted by atomic mass is 9.85. The summed E-state index contributed by atoms with van der Waals surface area (Å²) in [7, 11) is 2.76. The van der Waals surface area contributed by atoms with Crippen LogP contribution in [-0.4, -0.2) is 25.1 Å². The van der Waals surface area contributed by atoms with Crippen LogP contribution in [0.4, 0.5) is 13.2 Å². The zero-order valence-corrected chi connectivity index (χ0v) is 15.3. The van der Waals surface area contributed by atoms with Crippen LogP contribution in [0.2, 0.25) is 0 Å². The molecule has 0 spiro atoms. The van der Waals surface area contributed by atoms with Gasteiger partial charge >= 0.3 is 6.18 Å². The molecule has 7 heteroatoms. The lowest BCUT2D eigenvalue weighted by Gasteiger charge is -2.24. The highest BCUT2D eigenvalue weighted by Gasteiger charge is 2.36. The first-order chi connectivity index (χ1) is 11.7. The Kier molecular flexibility index (Phi) is 6.24. The Morgan fingerprint density at radius 2 is 1.76 bits per heavy atom. The molecule has 0 aliphatic carbocycles. The van der Waals surface area contributed by atoms with Gasteiger partial charge in [-0.05, 0) is 29.3 Å². The van der Waals surface area contributed by atoms with Gasteiger partial charge in [0.05, 0.1) is 12.7 Å². The Bertz CT molecular complexity index is 732. The molecular weight excluding hydrogens is 399 g/mol. The highest BCUT2D eigenvalue weighted by molar-refractivity contribution is 9.10. The molecule has 0 aromatic heterocycles. The number of carbonyl (C=O) groups is 1. The molecule has 25 heavy (non-hydrogen) atoms. The van der Waals surface area contributed by atoms with Crippen molar-refractivity contribution in [2.24, 2.45) is 0 Å². The number of hydrogen-bond donors (Lipinski definition) is 0. The van der Waals surface area contributed by atoms with E-state index in [0.717, 1.165) is 15.6 Å². The zero-order chi connectivity index (χ0) is 18.6. The van der Waals surface area contributed by atoms with Gasteiger partial charge in [0.1, 0.15) is 0 Å². The Hall–Kier alpha value is -1.86. The molecule has 2 aromatic rings. The number of nitrogens with zero attached hydrogens (tertiary/aromatic N) is 1. The molecule has 0 N–H and O–H groups in total. The summed E-state index contributed by atoms with van der Waals surface area (Å²) in [6.07, 6.45) is -4.64. The average Bonchev–Trinajstić information content (AvgIpc) is 2.59. The van der Waals surface area contributed by atoms with Gasteiger partial charge in [0, 0.05) is 23.9 Å². The van der Waals surface area contributed by atoms with Crippen molar-refractivity contribution in [1.82, 2.24) is 5.06 Å². The monoisotopic (exact) mass is 415 g/mol. The van der Waals surface area contributed by atoms with Crippen molar-refractivity contribution in [3.63, 3.8) is 0 Å². The van der Waals surface area contributed by atoms with Gasteiger partial charge in [-0.1, -0.05) is 46.3 Å². The van der Waals surface area contributed by atoms with Gasteiger partial charge in [-0.3, -0.25) is 9.63 Å². The van der Waals surface area contributed by atoms with Crippen LogP contribution in [-0.2, 0) is 15.8 Å². The lowest BCUT2D eigenvalue weighted by Crippen LogP contribution is -2.27. The molecule has 1 unspecified atom stereocenters. The molecule has 1 atom stereocenters. The molecule has 0 saturated heterocycles. The molecule has 0 bridgehead atoms. The second-order valence-electron chi connectivity index (χ2n) is 5.47. The normalized spacial score (nSPS) is 12.7. The van der Waals surface area contributed by atoms with Crippen LogP contribution in [0.5, 0.6) is 0 Å². The summed E-state index contributed by atoms with van der Waals surface area (Å²) in [5.74, 6) is -1.15. The number of carbonyl (C=O) groups excluding carboxylic acids is 1. The molecule has 134 valence electrons. The van der Waals surface area contributed by atoms with E-state index in [1.165, 1.54) is 26.3 Å². The van der Waals surface area contributed by atoms with Gasteiger partial charge in [-0.15, -0.1) is 0 Å². The minimum absolute atomic E-state index is 0.0650. The van der Waals surface area contributed by atoms with Crippen molar-refractivity contribution in [3.8, 4) is 0 Å². The Labute approximate surface area is 152 Å². The van der Waals surface area contributed by atoms with E-state index in [2.05, 4.69) is 15.9 Å². The minimum atomic E-state index is -4.50. The van der Waals surface area contributed by atoms with Crippen LogP contribution < -0.4 is 0 Å². The van der Waals surface area contributed by atoms with E-state index in [-0.39, 0.29) is 12.0 Å². The van der Waals surface area contributed by atoms with Crippen LogP contribution in [0.15, 0.2) is 53.0 Å². The highest BCUT2D eigenvalue weighted by atomic mass is 79.9. The maximum atomic E-state index is 13.4. The molecular formula is C18H17BrF3NO2. The summed E-state index contributed by atoms with van der Waals surface area (Å²) in [4.78, 5) is 17.1. The van der Waals surface area contributed by atoms with Gasteiger partial charge < -0.3 is 0 Å². The number of alkyl halides is 3. The van der Waals surface area contributed by atoms with E-state index in [0.29, 0.717) is 5.56 Å². The zero-order valence-electron chi connectivity index (χ0n) is 13.7. The molecule has 1 amide bonds. The van der Waals surface area contributed by atoms with Crippen LogP contribution in [0.1, 0.15) is 29.0 Å². The number of amides is 1. The van der Waals surface area contributed by atoms with Gasteiger partial charge in [0.15, 0.2) is 0 Å². The highest BCUT2D eigenvalue weighted by Crippen LogP contribution is 2.39. The number of benzene rings is 2. The average molecular weight is 416 g/mol. The molecule has 0 saturated carbocycles. The van der Waals surface area contributed by atoms with Crippen LogP contribution in [0.3, 0.4) is 0 Å². The molecule has 0 fully saturated rings. The SMILES string of the molecule is CON(C)C(=O)CC(c1ccc(Br)cc1)c1ccccc1C(F)(F)F. The topological polar surface area (TPSA) is 29.5 Å². The third-order valence-corrected chi connectivity index (χ3v) is 4.45. The summed E-state index contributed by atoms with van der Waals surface area (Å²) in [6, 6.07) is 12.2. The van der Waals surface area contributed by atoms with Gasteiger partial charge in [-0.25, -0.2) is 5.06 Å². The van der Waals surface area contributed by atoms with Crippen molar-refractivity contribution in [2.45, 2.75) is 18.5 Å².